The third kappa shape index (κ3) is 4.18. The van der Waals surface area contributed by atoms with Gasteiger partial charge in [0.2, 0.25) is 0 Å². The predicted octanol–water partition coefficient (Wildman–Crippen LogP) is 1.08. The van der Waals surface area contributed by atoms with Gasteiger partial charge in [-0.3, -0.25) is 4.90 Å². The van der Waals surface area contributed by atoms with E-state index in [4.69, 9.17) is 9.84 Å². The lowest BCUT2D eigenvalue weighted by molar-refractivity contribution is -0.141. The van der Waals surface area contributed by atoms with Gasteiger partial charge in [0.25, 0.3) is 0 Å². The first-order chi connectivity index (χ1) is 8.20. The molecule has 1 saturated heterocycles. The molecule has 1 rings (SSSR count). The molecule has 1 aliphatic heterocycles. The molecule has 18 heavy (non-hydrogen) atoms. The summed E-state index contributed by atoms with van der Waals surface area (Å²) in [6.45, 7) is 6.36. The van der Waals surface area contributed by atoms with Gasteiger partial charge in [-0.05, 0) is 11.8 Å². The van der Waals surface area contributed by atoms with Crippen molar-refractivity contribution in [2.45, 2.75) is 45.8 Å². The summed E-state index contributed by atoms with van der Waals surface area (Å²) in [7, 11) is 0. The summed E-state index contributed by atoms with van der Waals surface area (Å²) < 4.78 is 5.04. The van der Waals surface area contributed by atoms with Crippen molar-refractivity contribution in [2.24, 2.45) is 5.41 Å². The fraction of sp³-hybridized carbons (Fsp3) is 0.833. The molecule has 6 nitrogen and oxygen atoms in total. The normalized spacial score (nSPS) is 24.1. The highest BCUT2D eigenvalue weighted by Gasteiger charge is 2.39. The Balaban J connectivity index is 2.48. The van der Waals surface area contributed by atoms with E-state index in [2.05, 4.69) is 0 Å². The van der Waals surface area contributed by atoms with E-state index in [-0.39, 0.29) is 25.0 Å². The Morgan fingerprint density at radius 2 is 2.00 bits per heavy atom. The van der Waals surface area contributed by atoms with E-state index in [1.165, 1.54) is 0 Å². The van der Waals surface area contributed by atoms with Gasteiger partial charge in [-0.1, -0.05) is 20.8 Å². The van der Waals surface area contributed by atoms with Crippen LogP contribution in [0.5, 0.6) is 0 Å². The lowest BCUT2D eigenvalue weighted by atomic mass is 9.93. The van der Waals surface area contributed by atoms with E-state index < -0.39 is 24.2 Å². The van der Waals surface area contributed by atoms with E-state index in [0.717, 1.165) is 4.90 Å². The van der Waals surface area contributed by atoms with Crippen LogP contribution in [0, 0.1) is 5.41 Å². The van der Waals surface area contributed by atoms with Crippen molar-refractivity contribution in [3.05, 3.63) is 0 Å². The highest BCUT2D eigenvalue weighted by atomic mass is 16.6. The van der Waals surface area contributed by atoms with Crippen LogP contribution in [0.4, 0.5) is 4.79 Å². The van der Waals surface area contributed by atoms with Gasteiger partial charge < -0.3 is 14.9 Å². The third-order valence-electron chi connectivity index (χ3n) is 2.88. The molecular weight excluding hydrogens is 238 g/mol. The van der Waals surface area contributed by atoms with Gasteiger partial charge in [-0.15, -0.1) is 0 Å². The first kappa shape index (κ1) is 14.8. The van der Waals surface area contributed by atoms with Gasteiger partial charge in [0.05, 0.1) is 19.3 Å². The number of carboxylic acids is 1. The third-order valence-corrected chi connectivity index (χ3v) is 2.88. The summed E-state index contributed by atoms with van der Waals surface area (Å²) in [5.74, 6) is -1.11. The Morgan fingerprint density at radius 3 is 2.50 bits per heavy atom. The van der Waals surface area contributed by atoms with Crippen LogP contribution in [0.3, 0.4) is 0 Å². The van der Waals surface area contributed by atoms with Crippen molar-refractivity contribution in [2.75, 3.05) is 13.2 Å². The molecule has 0 unspecified atom stereocenters. The van der Waals surface area contributed by atoms with Crippen LogP contribution in [0.25, 0.3) is 0 Å². The molecule has 0 radical (unpaired) electrons. The standard InChI is InChI=1S/C12H21NO5/c1-12(2,3)4-5-18-11(17)13-7-8(14)6-9(13)10(15)16/h8-9,14H,4-7H2,1-3H3,(H,15,16)/t8-,9-/m0/s1. The first-order valence-electron chi connectivity index (χ1n) is 6.05. The van der Waals surface area contributed by atoms with Gasteiger partial charge in [-0.25, -0.2) is 9.59 Å². The van der Waals surface area contributed by atoms with Crippen molar-refractivity contribution in [1.29, 1.82) is 0 Å². The maximum Gasteiger partial charge on any atom is 0.410 e. The molecule has 0 bridgehead atoms. The Hall–Kier alpha value is -1.30. The molecule has 1 fully saturated rings. The van der Waals surface area contributed by atoms with Crippen molar-refractivity contribution in [3.63, 3.8) is 0 Å². The molecule has 2 atom stereocenters. The van der Waals surface area contributed by atoms with Gasteiger partial charge >= 0.3 is 12.1 Å². The number of hydrogen-bond donors (Lipinski definition) is 2. The summed E-state index contributed by atoms with van der Waals surface area (Å²) in [6.07, 6.45) is -0.694. The SMILES string of the molecule is CC(C)(C)CCOC(=O)N1C[C@@H](O)C[C@H]1C(=O)O. The van der Waals surface area contributed by atoms with Crippen LogP contribution in [0.2, 0.25) is 0 Å². The first-order valence-corrected chi connectivity index (χ1v) is 6.05. The lowest BCUT2D eigenvalue weighted by Gasteiger charge is -2.22. The van der Waals surface area contributed by atoms with Gasteiger partial charge in [-0.2, -0.15) is 0 Å². The quantitative estimate of drug-likeness (QED) is 0.792. The number of carbonyl (C=O) groups is 2. The number of aliphatic hydroxyl groups excluding tert-OH is 1. The second-order valence-corrected chi connectivity index (χ2v) is 5.82. The molecule has 0 saturated carbocycles. The largest absolute Gasteiger partial charge is 0.480 e. The van der Waals surface area contributed by atoms with E-state index >= 15 is 0 Å². The number of rotatable bonds is 3. The molecule has 1 heterocycles. The fourth-order valence-electron chi connectivity index (χ4n) is 1.78. The summed E-state index contributed by atoms with van der Waals surface area (Å²) in [4.78, 5) is 23.7. The summed E-state index contributed by atoms with van der Waals surface area (Å²) in [6, 6.07) is -0.984. The van der Waals surface area contributed by atoms with E-state index in [1.807, 2.05) is 20.8 Å². The van der Waals surface area contributed by atoms with Crippen LogP contribution in [0.15, 0.2) is 0 Å². The van der Waals surface area contributed by atoms with E-state index in [9.17, 15) is 14.7 Å². The van der Waals surface area contributed by atoms with Gasteiger partial charge in [0.1, 0.15) is 6.04 Å². The van der Waals surface area contributed by atoms with Gasteiger partial charge in [0.15, 0.2) is 0 Å². The number of β-amino-alcohol motifs (C(OH)–C–C–N with tert-alkyl or cyclic N) is 1. The zero-order valence-corrected chi connectivity index (χ0v) is 11.0. The van der Waals surface area contributed by atoms with Crippen molar-refractivity contribution >= 4 is 12.1 Å². The number of ether oxygens (including phenoxy) is 1. The molecule has 0 aromatic carbocycles. The van der Waals surface area contributed by atoms with Crippen molar-refractivity contribution < 1.29 is 24.5 Å². The second kappa shape index (κ2) is 5.56. The highest BCUT2D eigenvalue weighted by Crippen LogP contribution is 2.21. The zero-order valence-electron chi connectivity index (χ0n) is 11.0. The predicted molar refractivity (Wildman–Crippen MR) is 64.2 cm³/mol. The number of aliphatic hydroxyl groups is 1. The average Bonchev–Trinajstić information content (AvgIpc) is 2.58. The molecule has 1 amide bonds. The minimum absolute atomic E-state index is 0.0192. The minimum Gasteiger partial charge on any atom is -0.480 e. The summed E-state index contributed by atoms with van der Waals surface area (Å²) in [5, 5.41) is 18.4. The Morgan fingerprint density at radius 1 is 1.39 bits per heavy atom. The lowest BCUT2D eigenvalue weighted by Crippen LogP contribution is -2.41. The molecule has 6 heteroatoms. The molecule has 0 aromatic heterocycles. The van der Waals surface area contributed by atoms with Crippen LogP contribution in [0.1, 0.15) is 33.6 Å². The number of carbonyl (C=O) groups excluding carboxylic acids is 1. The number of likely N-dealkylation sites (tertiary alicyclic amines) is 1. The summed E-state index contributed by atoms with van der Waals surface area (Å²) >= 11 is 0. The van der Waals surface area contributed by atoms with Crippen LogP contribution in [-0.4, -0.2) is 52.5 Å². The van der Waals surface area contributed by atoms with Crippen LogP contribution in [-0.2, 0) is 9.53 Å². The number of carboxylic acid groups (broad SMARTS) is 1. The van der Waals surface area contributed by atoms with Gasteiger partial charge in [0, 0.05) is 6.42 Å². The number of nitrogens with zero attached hydrogens (tertiary/aromatic N) is 1. The molecule has 0 aromatic rings. The summed E-state index contributed by atoms with van der Waals surface area (Å²) in [5.41, 5.74) is 0.0526. The Labute approximate surface area is 107 Å². The minimum atomic E-state index is -1.11. The van der Waals surface area contributed by atoms with Crippen LogP contribution >= 0.6 is 0 Å². The molecule has 0 spiro atoms. The molecule has 2 N–H and O–H groups in total. The van der Waals surface area contributed by atoms with Crippen molar-refractivity contribution in [1.82, 2.24) is 4.90 Å². The fourth-order valence-corrected chi connectivity index (χ4v) is 1.78. The van der Waals surface area contributed by atoms with E-state index in [0.29, 0.717) is 6.42 Å². The average molecular weight is 259 g/mol. The number of hydrogen-bond acceptors (Lipinski definition) is 4. The number of aliphatic carboxylic acids is 1. The Kier molecular flexibility index (Phi) is 4.56. The molecule has 104 valence electrons. The maximum absolute atomic E-state index is 11.7. The molecule has 1 aliphatic rings. The number of amides is 1. The van der Waals surface area contributed by atoms with E-state index in [1.54, 1.807) is 0 Å². The monoisotopic (exact) mass is 259 g/mol. The zero-order chi connectivity index (χ0) is 13.9. The van der Waals surface area contributed by atoms with Crippen molar-refractivity contribution in [3.8, 4) is 0 Å². The molecular formula is C12H21NO5. The topological polar surface area (TPSA) is 87.1 Å². The van der Waals surface area contributed by atoms with Crippen LogP contribution < -0.4 is 0 Å². The Bertz CT molecular complexity index is 323. The maximum atomic E-state index is 11.7. The second-order valence-electron chi connectivity index (χ2n) is 5.82. The highest BCUT2D eigenvalue weighted by molar-refractivity contribution is 5.80. The smallest absolute Gasteiger partial charge is 0.410 e. The molecule has 0 aliphatic carbocycles.